The highest BCUT2D eigenvalue weighted by molar-refractivity contribution is 6.33. The van der Waals surface area contributed by atoms with Crippen LogP contribution in [-0.2, 0) is 11.8 Å². The molecule has 0 unspecified atom stereocenters. The number of anilines is 1. The number of halogens is 1. The van der Waals surface area contributed by atoms with Gasteiger partial charge in [-0.15, -0.1) is 0 Å². The number of aromatic hydroxyl groups is 1. The molecule has 0 aliphatic heterocycles. The van der Waals surface area contributed by atoms with E-state index in [1.54, 1.807) is 12.3 Å². The van der Waals surface area contributed by atoms with E-state index in [-0.39, 0.29) is 17.1 Å². The third kappa shape index (κ3) is 1.75. The van der Waals surface area contributed by atoms with E-state index in [2.05, 4.69) is 23.8 Å². The van der Waals surface area contributed by atoms with Crippen molar-refractivity contribution in [2.24, 2.45) is 0 Å². The third-order valence-electron chi connectivity index (χ3n) is 3.63. The minimum Gasteiger partial charge on any atom is -0.506 e. The lowest BCUT2D eigenvalue weighted by molar-refractivity contribution is 0.470. The lowest BCUT2D eigenvalue weighted by Crippen LogP contribution is -2.27. The van der Waals surface area contributed by atoms with Crippen LogP contribution in [-0.4, -0.2) is 15.1 Å². The molecule has 4 nitrogen and oxygen atoms in total. The van der Waals surface area contributed by atoms with Gasteiger partial charge in [-0.3, -0.25) is 0 Å². The largest absolute Gasteiger partial charge is 0.506 e. The predicted molar refractivity (Wildman–Crippen MR) is 75.3 cm³/mol. The molecule has 1 aromatic carbocycles. The van der Waals surface area contributed by atoms with Gasteiger partial charge < -0.3 is 10.8 Å². The van der Waals surface area contributed by atoms with E-state index in [1.165, 1.54) is 0 Å². The number of nitrogens with zero attached hydrogens (tertiary/aromatic N) is 2. The Morgan fingerprint density at radius 3 is 2.84 bits per heavy atom. The molecule has 0 bridgehead atoms. The second-order valence-corrected chi connectivity index (χ2v) is 5.85. The van der Waals surface area contributed by atoms with Crippen molar-refractivity contribution in [1.29, 1.82) is 0 Å². The summed E-state index contributed by atoms with van der Waals surface area (Å²) in [5, 5.41) is 10.2. The highest BCUT2D eigenvalue weighted by atomic mass is 35.5. The van der Waals surface area contributed by atoms with E-state index in [9.17, 15) is 5.11 Å². The number of nitrogens with two attached hydrogens (primary N) is 1. The van der Waals surface area contributed by atoms with Crippen molar-refractivity contribution in [3.05, 3.63) is 34.5 Å². The molecule has 2 aromatic rings. The summed E-state index contributed by atoms with van der Waals surface area (Å²) in [5.41, 5.74) is 9.24. The van der Waals surface area contributed by atoms with Crippen molar-refractivity contribution < 1.29 is 5.11 Å². The summed E-state index contributed by atoms with van der Waals surface area (Å²) in [6.07, 6.45) is 2.51. The van der Waals surface area contributed by atoms with Gasteiger partial charge in [0.15, 0.2) is 0 Å². The fourth-order valence-electron chi connectivity index (χ4n) is 2.64. The fourth-order valence-corrected chi connectivity index (χ4v) is 2.87. The van der Waals surface area contributed by atoms with E-state index in [1.807, 2.05) is 6.07 Å². The zero-order chi connectivity index (χ0) is 13.8. The minimum atomic E-state index is -0.145. The molecule has 0 spiro atoms. The standard InChI is InChI=1S/C14H14ClN3O/c1-14(2)5-8-7(3-4-10(19)11(8)15)12-9(14)6-17-13(16)18-12/h3-4,6,19H,5H2,1-2H3,(H2,16,17,18). The quantitative estimate of drug-likeness (QED) is 0.775. The number of aromatic nitrogens is 2. The zero-order valence-electron chi connectivity index (χ0n) is 10.7. The molecule has 1 aliphatic carbocycles. The van der Waals surface area contributed by atoms with Crippen LogP contribution in [0.5, 0.6) is 5.75 Å². The Morgan fingerprint density at radius 1 is 1.37 bits per heavy atom. The molecular formula is C14H14ClN3O. The molecule has 1 heterocycles. The maximum atomic E-state index is 9.76. The summed E-state index contributed by atoms with van der Waals surface area (Å²) >= 11 is 6.22. The Balaban J connectivity index is 2.37. The van der Waals surface area contributed by atoms with Crippen molar-refractivity contribution in [2.45, 2.75) is 25.7 Å². The SMILES string of the molecule is CC1(C)Cc2c(ccc(O)c2Cl)-c2nc(N)ncc21. The first kappa shape index (κ1) is 12.2. The molecule has 3 N–H and O–H groups in total. The number of nitrogen functional groups attached to an aromatic ring is 1. The molecule has 5 heteroatoms. The number of fused-ring (bicyclic) bond motifs is 3. The summed E-state index contributed by atoms with van der Waals surface area (Å²) < 4.78 is 0. The van der Waals surface area contributed by atoms with Crippen molar-refractivity contribution in [3.63, 3.8) is 0 Å². The molecule has 1 aliphatic rings. The van der Waals surface area contributed by atoms with E-state index < -0.39 is 0 Å². The Hall–Kier alpha value is -1.81. The molecule has 0 amide bonds. The van der Waals surface area contributed by atoms with Crippen LogP contribution < -0.4 is 5.73 Å². The molecule has 0 saturated carbocycles. The summed E-state index contributed by atoms with van der Waals surface area (Å²) in [7, 11) is 0. The van der Waals surface area contributed by atoms with Crippen LogP contribution in [0.15, 0.2) is 18.3 Å². The Morgan fingerprint density at radius 2 is 2.11 bits per heavy atom. The lowest BCUT2D eigenvalue weighted by atomic mass is 9.72. The Kier molecular flexibility index (Phi) is 2.47. The first-order valence-corrected chi connectivity index (χ1v) is 6.41. The molecule has 0 fully saturated rings. The van der Waals surface area contributed by atoms with E-state index in [4.69, 9.17) is 17.3 Å². The van der Waals surface area contributed by atoms with Gasteiger partial charge in [0.05, 0.1) is 10.7 Å². The van der Waals surface area contributed by atoms with Crippen LogP contribution in [0.25, 0.3) is 11.3 Å². The average molecular weight is 276 g/mol. The number of benzene rings is 1. The zero-order valence-corrected chi connectivity index (χ0v) is 11.5. The maximum Gasteiger partial charge on any atom is 0.220 e. The average Bonchev–Trinajstić information content (AvgIpc) is 2.34. The van der Waals surface area contributed by atoms with Crippen LogP contribution in [0.3, 0.4) is 0 Å². The van der Waals surface area contributed by atoms with Crippen molar-refractivity contribution >= 4 is 17.5 Å². The summed E-state index contributed by atoms with van der Waals surface area (Å²) in [4.78, 5) is 8.43. The van der Waals surface area contributed by atoms with Crippen molar-refractivity contribution in [3.8, 4) is 17.0 Å². The van der Waals surface area contributed by atoms with Gasteiger partial charge >= 0.3 is 0 Å². The van der Waals surface area contributed by atoms with Gasteiger partial charge in [-0.25, -0.2) is 9.97 Å². The highest BCUT2D eigenvalue weighted by Crippen LogP contribution is 2.46. The van der Waals surface area contributed by atoms with Crippen molar-refractivity contribution in [2.75, 3.05) is 5.73 Å². The van der Waals surface area contributed by atoms with Gasteiger partial charge in [-0.1, -0.05) is 25.4 Å². The van der Waals surface area contributed by atoms with Gasteiger partial charge in [-0.2, -0.15) is 0 Å². The molecule has 19 heavy (non-hydrogen) atoms. The van der Waals surface area contributed by atoms with E-state index in [0.29, 0.717) is 5.02 Å². The number of rotatable bonds is 0. The normalized spacial score (nSPS) is 15.7. The topological polar surface area (TPSA) is 72.0 Å². The minimum absolute atomic E-state index is 0.0988. The van der Waals surface area contributed by atoms with Crippen LogP contribution in [0.4, 0.5) is 5.95 Å². The van der Waals surface area contributed by atoms with Gasteiger partial charge in [0.1, 0.15) is 5.75 Å². The Labute approximate surface area is 116 Å². The molecule has 1 aromatic heterocycles. The number of hydrogen-bond acceptors (Lipinski definition) is 4. The van der Waals surface area contributed by atoms with Gasteiger partial charge in [0.2, 0.25) is 5.95 Å². The van der Waals surface area contributed by atoms with Crippen LogP contribution in [0.1, 0.15) is 25.0 Å². The first-order chi connectivity index (χ1) is 8.90. The van der Waals surface area contributed by atoms with Crippen LogP contribution in [0, 0.1) is 0 Å². The number of phenols is 1. The first-order valence-electron chi connectivity index (χ1n) is 6.04. The monoisotopic (exact) mass is 275 g/mol. The predicted octanol–water partition coefficient (Wildman–Crippen LogP) is 2.92. The van der Waals surface area contributed by atoms with E-state index >= 15 is 0 Å². The van der Waals surface area contributed by atoms with Crippen molar-refractivity contribution in [1.82, 2.24) is 9.97 Å². The molecule has 0 saturated heterocycles. The van der Waals surface area contributed by atoms with Gasteiger partial charge in [-0.05, 0) is 29.5 Å². The Bertz CT molecular complexity index is 683. The third-order valence-corrected chi connectivity index (χ3v) is 4.05. The number of phenolic OH excluding ortho intramolecular Hbond substituents is 1. The molecule has 98 valence electrons. The molecule has 3 rings (SSSR count). The lowest BCUT2D eigenvalue weighted by Gasteiger charge is -2.33. The molecule has 0 atom stereocenters. The summed E-state index contributed by atoms with van der Waals surface area (Å²) in [6, 6.07) is 3.42. The second kappa shape index (κ2) is 3.84. The molecule has 0 radical (unpaired) electrons. The van der Waals surface area contributed by atoms with Gasteiger partial charge in [0, 0.05) is 17.3 Å². The smallest absolute Gasteiger partial charge is 0.220 e. The molecular weight excluding hydrogens is 262 g/mol. The summed E-state index contributed by atoms with van der Waals surface area (Å²) in [6.45, 7) is 4.21. The highest BCUT2D eigenvalue weighted by Gasteiger charge is 2.34. The fraction of sp³-hybridized carbons (Fsp3) is 0.286. The van der Waals surface area contributed by atoms with Gasteiger partial charge in [0.25, 0.3) is 0 Å². The number of hydrogen-bond donors (Lipinski definition) is 2. The van der Waals surface area contributed by atoms with Crippen LogP contribution in [0.2, 0.25) is 5.02 Å². The summed E-state index contributed by atoms with van der Waals surface area (Å²) in [5.74, 6) is 0.341. The van der Waals surface area contributed by atoms with Crippen LogP contribution >= 0.6 is 11.6 Å². The maximum absolute atomic E-state index is 9.76. The van der Waals surface area contributed by atoms with E-state index in [0.717, 1.165) is 28.8 Å². The second-order valence-electron chi connectivity index (χ2n) is 5.48.